The lowest BCUT2D eigenvalue weighted by Crippen LogP contribution is -2.55. The van der Waals surface area contributed by atoms with Crippen LogP contribution in [0.3, 0.4) is 0 Å². The molecule has 2 unspecified atom stereocenters. The maximum atomic E-state index is 15.5. The summed E-state index contributed by atoms with van der Waals surface area (Å²) in [6.45, 7) is 4.38. The highest BCUT2D eigenvalue weighted by molar-refractivity contribution is 6.00. The van der Waals surface area contributed by atoms with Crippen molar-refractivity contribution in [2.24, 2.45) is 0 Å². The SMILES string of the molecule is CC(=O)NC1CCCCC1N(C(=O)O)c1cc2cc(-c3cnc4c(c3C)NCCO4)c(F)c(N)c2cn1. The van der Waals surface area contributed by atoms with E-state index in [9.17, 15) is 14.7 Å². The Bertz CT molecular complexity index is 1400. The number of nitrogens with two attached hydrogens (primary N) is 1. The number of nitrogen functional groups attached to an aromatic ring is 1. The minimum atomic E-state index is -1.18. The van der Waals surface area contributed by atoms with Crippen molar-refractivity contribution in [3.63, 3.8) is 0 Å². The Morgan fingerprint density at radius 3 is 2.76 bits per heavy atom. The van der Waals surface area contributed by atoms with Gasteiger partial charge in [-0.3, -0.25) is 9.69 Å². The van der Waals surface area contributed by atoms with Gasteiger partial charge >= 0.3 is 6.09 Å². The third-order valence-electron chi connectivity index (χ3n) is 7.12. The smallest absolute Gasteiger partial charge is 0.413 e. The van der Waals surface area contributed by atoms with E-state index in [0.717, 1.165) is 18.4 Å². The van der Waals surface area contributed by atoms with Crippen molar-refractivity contribution in [2.75, 3.05) is 29.1 Å². The Labute approximate surface area is 213 Å². The van der Waals surface area contributed by atoms with E-state index < -0.39 is 18.0 Å². The number of nitrogens with one attached hydrogen (secondary N) is 2. The fraction of sp³-hybridized carbons (Fsp3) is 0.385. The number of amides is 2. The van der Waals surface area contributed by atoms with Gasteiger partial charge in [0.25, 0.3) is 0 Å². The van der Waals surface area contributed by atoms with Gasteiger partial charge in [0.15, 0.2) is 5.82 Å². The summed E-state index contributed by atoms with van der Waals surface area (Å²) >= 11 is 0. The lowest BCUT2D eigenvalue weighted by atomic mass is 9.89. The third-order valence-corrected chi connectivity index (χ3v) is 7.12. The molecule has 0 bridgehead atoms. The van der Waals surface area contributed by atoms with Gasteiger partial charge < -0.3 is 26.2 Å². The third kappa shape index (κ3) is 4.45. The summed E-state index contributed by atoms with van der Waals surface area (Å²) in [7, 11) is 0. The van der Waals surface area contributed by atoms with Gasteiger partial charge in [0.05, 0.1) is 11.7 Å². The molecule has 1 aliphatic carbocycles. The lowest BCUT2D eigenvalue weighted by Gasteiger charge is -2.38. The minimum Gasteiger partial charge on any atom is -0.474 e. The lowest BCUT2D eigenvalue weighted by molar-refractivity contribution is -0.120. The van der Waals surface area contributed by atoms with Crippen LogP contribution in [0.4, 0.5) is 26.4 Å². The van der Waals surface area contributed by atoms with Crippen LogP contribution in [0.5, 0.6) is 5.88 Å². The topological polar surface area (TPSA) is 143 Å². The summed E-state index contributed by atoms with van der Waals surface area (Å²) < 4.78 is 21.1. The summed E-state index contributed by atoms with van der Waals surface area (Å²) in [6, 6.07) is 2.44. The van der Waals surface area contributed by atoms with Crippen LogP contribution < -0.4 is 26.0 Å². The van der Waals surface area contributed by atoms with Gasteiger partial charge in [-0.25, -0.2) is 19.2 Å². The molecular formula is C26H29FN6O4. The zero-order chi connectivity index (χ0) is 26.3. The first-order valence-corrected chi connectivity index (χ1v) is 12.3. The van der Waals surface area contributed by atoms with Crippen LogP contribution in [0.15, 0.2) is 24.5 Å². The second-order valence-electron chi connectivity index (χ2n) is 9.48. The predicted molar refractivity (Wildman–Crippen MR) is 138 cm³/mol. The Morgan fingerprint density at radius 2 is 2.00 bits per heavy atom. The van der Waals surface area contributed by atoms with Gasteiger partial charge in [-0.15, -0.1) is 0 Å². The molecule has 5 rings (SSSR count). The van der Waals surface area contributed by atoms with E-state index in [1.807, 2.05) is 6.92 Å². The maximum absolute atomic E-state index is 15.5. The molecule has 1 aromatic carbocycles. The van der Waals surface area contributed by atoms with Crippen molar-refractivity contribution < 1.29 is 23.8 Å². The van der Waals surface area contributed by atoms with Gasteiger partial charge in [-0.2, -0.15) is 0 Å². The highest BCUT2D eigenvalue weighted by atomic mass is 19.1. The molecule has 2 amide bonds. The number of aromatic nitrogens is 2. The number of hydrogen-bond acceptors (Lipinski definition) is 7. The molecule has 1 fully saturated rings. The number of nitrogens with zero attached hydrogens (tertiary/aromatic N) is 3. The molecule has 0 saturated heterocycles. The van der Waals surface area contributed by atoms with Crippen molar-refractivity contribution in [3.8, 4) is 17.0 Å². The summed E-state index contributed by atoms with van der Waals surface area (Å²) in [4.78, 5) is 34.1. The number of carboxylic acid groups (broad SMARTS) is 1. The zero-order valence-corrected chi connectivity index (χ0v) is 20.7. The van der Waals surface area contributed by atoms with Crippen molar-refractivity contribution in [3.05, 3.63) is 35.9 Å². The quantitative estimate of drug-likeness (QED) is 0.387. The normalized spacial score (nSPS) is 18.9. The van der Waals surface area contributed by atoms with Crippen LogP contribution in [-0.4, -0.2) is 52.3 Å². The van der Waals surface area contributed by atoms with E-state index in [4.69, 9.17) is 10.5 Å². The molecule has 2 aliphatic rings. The maximum Gasteiger partial charge on any atom is 0.413 e. The first kappa shape index (κ1) is 24.5. The standard InChI is InChI=1S/C26H29FN6O4/c1-13-17(11-31-25-24(13)29-7-8-37-25)16-9-15-10-21(30-12-18(15)23(28)22(16)27)33(26(35)36)20-6-4-3-5-19(20)32-14(2)34/h9-12,19-20,29H,3-8,28H2,1-2H3,(H,32,34)(H,35,36). The molecule has 0 spiro atoms. The van der Waals surface area contributed by atoms with Crippen LogP contribution in [0, 0.1) is 12.7 Å². The number of benzene rings is 1. The van der Waals surface area contributed by atoms with E-state index in [0.29, 0.717) is 53.9 Å². The fourth-order valence-corrected chi connectivity index (χ4v) is 5.37. The van der Waals surface area contributed by atoms with E-state index >= 15 is 4.39 Å². The first-order chi connectivity index (χ1) is 17.8. The summed E-state index contributed by atoms with van der Waals surface area (Å²) in [5.41, 5.74) is 8.39. The average molecular weight is 509 g/mol. The molecule has 1 saturated carbocycles. The van der Waals surface area contributed by atoms with Crippen LogP contribution >= 0.6 is 0 Å². The molecule has 10 nitrogen and oxygen atoms in total. The summed E-state index contributed by atoms with van der Waals surface area (Å²) in [5, 5.41) is 17.2. The van der Waals surface area contributed by atoms with Crippen molar-refractivity contribution in [2.45, 2.75) is 51.6 Å². The van der Waals surface area contributed by atoms with Crippen molar-refractivity contribution >= 4 is 40.0 Å². The summed E-state index contributed by atoms with van der Waals surface area (Å²) in [5.74, 6) is -0.159. The molecule has 11 heteroatoms. The molecule has 3 aromatic rings. The molecule has 3 heterocycles. The van der Waals surface area contributed by atoms with Crippen LogP contribution in [0.2, 0.25) is 0 Å². The van der Waals surface area contributed by atoms with Gasteiger partial charge in [-0.05, 0) is 42.8 Å². The Balaban J connectivity index is 1.61. The Kier molecular flexibility index (Phi) is 6.45. The summed E-state index contributed by atoms with van der Waals surface area (Å²) in [6.07, 6.45) is 4.76. The van der Waals surface area contributed by atoms with Crippen LogP contribution in [-0.2, 0) is 4.79 Å². The largest absolute Gasteiger partial charge is 0.474 e. The number of carbonyl (C=O) groups excluding carboxylic acids is 1. The average Bonchev–Trinajstić information content (AvgIpc) is 2.87. The van der Waals surface area contributed by atoms with Gasteiger partial charge in [0, 0.05) is 48.4 Å². The molecule has 0 radical (unpaired) electrons. The second kappa shape index (κ2) is 9.72. The second-order valence-corrected chi connectivity index (χ2v) is 9.48. The number of carbonyl (C=O) groups is 2. The number of rotatable bonds is 4. The monoisotopic (exact) mass is 508 g/mol. The van der Waals surface area contributed by atoms with Gasteiger partial charge in [0.2, 0.25) is 11.8 Å². The van der Waals surface area contributed by atoms with E-state index in [1.54, 1.807) is 18.3 Å². The van der Waals surface area contributed by atoms with Crippen LogP contribution in [0.1, 0.15) is 38.2 Å². The molecule has 37 heavy (non-hydrogen) atoms. The molecule has 5 N–H and O–H groups in total. The molecule has 1 aliphatic heterocycles. The first-order valence-electron chi connectivity index (χ1n) is 12.3. The van der Waals surface area contributed by atoms with Gasteiger partial charge in [0.1, 0.15) is 18.1 Å². The number of halogens is 1. The van der Waals surface area contributed by atoms with E-state index in [-0.39, 0.29) is 29.0 Å². The number of fused-ring (bicyclic) bond motifs is 2. The Hall–Kier alpha value is -4.15. The van der Waals surface area contributed by atoms with Crippen LogP contribution in [0.25, 0.3) is 21.9 Å². The van der Waals surface area contributed by atoms with Crippen molar-refractivity contribution in [1.82, 2.24) is 15.3 Å². The number of hydrogen-bond donors (Lipinski definition) is 4. The molecule has 2 aromatic heterocycles. The highest BCUT2D eigenvalue weighted by Crippen LogP contribution is 2.40. The molecule has 194 valence electrons. The molecular weight excluding hydrogens is 479 g/mol. The minimum absolute atomic E-state index is 0.0801. The fourth-order valence-electron chi connectivity index (χ4n) is 5.37. The number of pyridine rings is 2. The van der Waals surface area contributed by atoms with E-state index in [2.05, 4.69) is 20.6 Å². The number of anilines is 3. The van der Waals surface area contributed by atoms with Gasteiger partial charge in [-0.1, -0.05) is 12.8 Å². The zero-order valence-electron chi connectivity index (χ0n) is 20.7. The molecule has 2 atom stereocenters. The Morgan fingerprint density at radius 1 is 1.22 bits per heavy atom. The predicted octanol–water partition coefficient (Wildman–Crippen LogP) is 4.06. The number of ether oxygens (including phenoxy) is 1. The van der Waals surface area contributed by atoms with E-state index in [1.165, 1.54) is 18.0 Å². The van der Waals surface area contributed by atoms with Crippen molar-refractivity contribution in [1.29, 1.82) is 0 Å². The highest BCUT2D eigenvalue weighted by Gasteiger charge is 2.35.